The number of rotatable bonds is 8. The lowest BCUT2D eigenvalue weighted by Crippen LogP contribution is -2.58. The number of carbonyl (C=O) groups excluding carboxylic acids is 2. The Morgan fingerprint density at radius 3 is 2.48 bits per heavy atom. The molecule has 218 valence electrons. The Morgan fingerprint density at radius 1 is 1.15 bits per heavy atom. The molecule has 0 radical (unpaired) electrons. The van der Waals surface area contributed by atoms with Crippen LogP contribution in [0.25, 0.3) is 0 Å². The van der Waals surface area contributed by atoms with Gasteiger partial charge in [0.25, 0.3) is 11.8 Å². The second-order valence-electron chi connectivity index (χ2n) is 10.7. The van der Waals surface area contributed by atoms with E-state index in [9.17, 15) is 14.7 Å². The van der Waals surface area contributed by atoms with Crippen molar-refractivity contribution in [3.8, 4) is 0 Å². The van der Waals surface area contributed by atoms with E-state index in [0.29, 0.717) is 41.6 Å². The highest BCUT2D eigenvalue weighted by Crippen LogP contribution is 2.31. The van der Waals surface area contributed by atoms with Gasteiger partial charge in [0.05, 0.1) is 0 Å². The van der Waals surface area contributed by atoms with Crippen molar-refractivity contribution in [1.29, 1.82) is 0 Å². The van der Waals surface area contributed by atoms with E-state index < -0.39 is 12.0 Å². The van der Waals surface area contributed by atoms with Crippen LogP contribution in [0.2, 0.25) is 10.2 Å². The Morgan fingerprint density at radius 2 is 1.85 bits per heavy atom. The average molecular weight is 594 g/mol. The Kier molecular flexibility index (Phi) is 9.73. The summed E-state index contributed by atoms with van der Waals surface area (Å²) in [6, 6.07) is 6.14. The highest BCUT2D eigenvalue weighted by molar-refractivity contribution is 6.32. The van der Waals surface area contributed by atoms with Gasteiger partial charge in [-0.15, -0.1) is 0 Å². The van der Waals surface area contributed by atoms with E-state index in [0.717, 1.165) is 51.0 Å². The number of piperidine rings is 1. The summed E-state index contributed by atoms with van der Waals surface area (Å²) in [6.07, 6.45) is 1.74. The number of halogens is 2. The number of aromatic nitrogens is 2. The number of likely N-dealkylation sites (N-methyl/N-ethyl adjacent to an activating group) is 1. The number of piperazine rings is 1. The van der Waals surface area contributed by atoms with Crippen LogP contribution in [0.1, 0.15) is 53.9 Å². The zero-order valence-corrected chi connectivity index (χ0v) is 24.7. The van der Waals surface area contributed by atoms with Crippen molar-refractivity contribution < 1.29 is 14.7 Å². The van der Waals surface area contributed by atoms with E-state index in [-0.39, 0.29) is 22.6 Å². The molecule has 4 rings (SSSR count). The second-order valence-corrected chi connectivity index (χ2v) is 11.5. The summed E-state index contributed by atoms with van der Waals surface area (Å²) in [4.78, 5) is 40.8. The van der Waals surface area contributed by atoms with E-state index in [1.165, 1.54) is 4.90 Å². The van der Waals surface area contributed by atoms with Gasteiger partial charge >= 0.3 is 0 Å². The molecule has 2 aromatic rings. The molecule has 2 aliphatic heterocycles. The van der Waals surface area contributed by atoms with Crippen LogP contribution in [0.4, 0.5) is 11.6 Å². The summed E-state index contributed by atoms with van der Waals surface area (Å²) in [7, 11) is 3.25. The average Bonchev–Trinajstić information content (AvgIpc) is 2.94. The number of anilines is 2. The standard InChI is InChI=1S/C27H38Cl2N8O3/c1-4-18-15-36(26-23(29)32-21(25(31)39)24(30)33-26)11-12-37(18)19-7-9-35(10-8-19)14-16-5-6-17(28)13-20(16)22(38)27(40)34(2)3/h5-6,13,18-19,22,38H,4,7-12,14-15H2,1-3H3,(H2,30,33)(H2,31,39)/t18-,22?/m0/s1. The summed E-state index contributed by atoms with van der Waals surface area (Å²) >= 11 is 12.6. The zero-order chi connectivity index (χ0) is 29.1. The number of hydrogen-bond donors (Lipinski definition) is 3. The smallest absolute Gasteiger partial charge is 0.271 e. The molecule has 2 atom stereocenters. The van der Waals surface area contributed by atoms with E-state index in [2.05, 4.69) is 31.6 Å². The monoisotopic (exact) mass is 592 g/mol. The number of nitrogens with two attached hydrogens (primary N) is 2. The second kappa shape index (κ2) is 12.9. The molecule has 2 aliphatic rings. The number of hydrogen-bond acceptors (Lipinski definition) is 9. The fourth-order valence-corrected chi connectivity index (χ4v) is 6.13. The summed E-state index contributed by atoms with van der Waals surface area (Å²) < 4.78 is 0. The molecule has 0 bridgehead atoms. The lowest BCUT2D eigenvalue weighted by atomic mass is 9.96. The van der Waals surface area contributed by atoms with Crippen molar-refractivity contribution in [1.82, 2.24) is 24.7 Å². The number of benzene rings is 1. The maximum atomic E-state index is 12.4. The van der Waals surface area contributed by atoms with Gasteiger partial charge in [-0.1, -0.05) is 36.2 Å². The van der Waals surface area contributed by atoms with Gasteiger partial charge in [0, 0.05) is 57.4 Å². The number of aliphatic hydroxyl groups is 1. The third-order valence-electron chi connectivity index (χ3n) is 7.89. The first-order valence-corrected chi connectivity index (χ1v) is 14.3. The van der Waals surface area contributed by atoms with Crippen molar-refractivity contribution in [3.05, 3.63) is 45.2 Å². The molecule has 2 saturated heterocycles. The van der Waals surface area contributed by atoms with Gasteiger partial charge < -0.3 is 26.4 Å². The number of amides is 2. The van der Waals surface area contributed by atoms with E-state index >= 15 is 0 Å². The molecule has 3 heterocycles. The van der Waals surface area contributed by atoms with Crippen LogP contribution in [-0.2, 0) is 11.3 Å². The largest absolute Gasteiger partial charge is 0.382 e. The number of aliphatic hydroxyl groups excluding tert-OH is 1. The molecule has 0 saturated carbocycles. The predicted octanol–water partition coefficient (Wildman–Crippen LogP) is 2.15. The zero-order valence-electron chi connectivity index (χ0n) is 23.2. The first-order valence-electron chi connectivity index (χ1n) is 13.5. The Bertz CT molecular complexity index is 1240. The molecule has 0 aliphatic carbocycles. The highest BCUT2D eigenvalue weighted by Gasteiger charge is 2.35. The summed E-state index contributed by atoms with van der Waals surface area (Å²) in [5, 5.41) is 11.3. The molecule has 13 heteroatoms. The highest BCUT2D eigenvalue weighted by atomic mass is 35.5. The Labute approximate surface area is 245 Å². The van der Waals surface area contributed by atoms with Gasteiger partial charge in [0.1, 0.15) is 0 Å². The Balaban J connectivity index is 1.38. The first kappa shape index (κ1) is 30.3. The SMILES string of the molecule is CC[C@H]1CN(c2nc(N)c(C(N)=O)nc2Cl)CCN1C1CCN(Cc2ccc(Cl)cc2C(O)C(=O)N(C)C)CC1. The molecule has 1 unspecified atom stereocenters. The minimum atomic E-state index is -1.25. The first-order chi connectivity index (χ1) is 19.0. The summed E-state index contributed by atoms with van der Waals surface area (Å²) in [6.45, 7) is 6.92. The van der Waals surface area contributed by atoms with E-state index in [4.69, 9.17) is 34.7 Å². The van der Waals surface area contributed by atoms with Crippen molar-refractivity contribution in [3.63, 3.8) is 0 Å². The summed E-state index contributed by atoms with van der Waals surface area (Å²) in [5.41, 5.74) is 12.6. The van der Waals surface area contributed by atoms with Crippen LogP contribution in [-0.4, -0.2) is 100 Å². The van der Waals surface area contributed by atoms with Crippen LogP contribution in [0.5, 0.6) is 0 Å². The number of nitrogen functional groups attached to an aromatic ring is 1. The van der Waals surface area contributed by atoms with E-state index in [1.807, 2.05) is 6.07 Å². The minimum absolute atomic E-state index is 0.0165. The molecular weight excluding hydrogens is 555 g/mol. The maximum Gasteiger partial charge on any atom is 0.271 e. The van der Waals surface area contributed by atoms with Gasteiger partial charge in [-0.2, -0.15) is 0 Å². The van der Waals surface area contributed by atoms with Crippen molar-refractivity contribution in [2.45, 2.75) is 50.9 Å². The van der Waals surface area contributed by atoms with Crippen LogP contribution < -0.4 is 16.4 Å². The number of likely N-dealkylation sites (tertiary alicyclic amines) is 1. The van der Waals surface area contributed by atoms with Crippen LogP contribution in [0, 0.1) is 0 Å². The normalized spacial score (nSPS) is 19.9. The number of primary amides is 1. The van der Waals surface area contributed by atoms with Crippen molar-refractivity contribution in [2.75, 3.05) is 57.5 Å². The number of carbonyl (C=O) groups is 2. The molecule has 0 spiro atoms. The fourth-order valence-electron chi connectivity index (χ4n) is 5.70. The van der Waals surface area contributed by atoms with Crippen LogP contribution >= 0.6 is 23.2 Å². The predicted molar refractivity (Wildman–Crippen MR) is 156 cm³/mol. The third-order valence-corrected chi connectivity index (χ3v) is 8.38. The van der Waals surface area contributed by atoms with Gasteiger partial charge in [-0.3, -0.25) is 19.4 Å². The molecule has 2 amide bonds. The summed E-state index contributed by atoms with van der Waals surface area (Å²) in [5.74, 6) is -0.666. The molecule has 5 N–H and O–H groups in total. The van der Waals surface area contributed by atoms with E-state index in [1.54, 1.807) is 26.2 Å². The Hall–Kier alpha value is -2.70. The molecule has 1 aromatic heterocycles. The van der Waals surface area contributed by atoms with Gasteiger partial charge in [0.15, 0.2) is 28.6 Å². The quantitative estimate of drug-likeness (QED) is 0.419. The fraction of sp³-hybridized carbons (Fsp3) is 0.556. The maximum absolute atomic E-state index is 12.4. The molecule has 11 nitrogen and oxygen atoms in total. The van der Waals surface area contributed by atoms with Crippen LogP contribution in [0.3, 0.4) is 0 Å². The van der Waals surface area contributed by atoms with Crippen molar-refractivity contribution in [2.24, 2.45) is 5.73 Å². The lowest BCUT2D eigenvalue weighted by Gasteiger charge is -2.47. The molecule has 40 heavy (non-hydrogen) atoms. The third kappa shape index (κ3) is 6.60. The number of nitrogens with zero attached hydrogens (tertiary/aromatic N) is 6. The lowest BCUT2D eigenvalue weighted by molar-refractivity contribution is -0.137. The van der Waals surface area contributed by atoms with Gasteiger partial charge in [0.2, 0.25) is 0 Å². The minimum Gasteiger partial charge on any atom is -0.382 e. The van der Waals surface area contributed by atoms with Gasteiger partial charge in [-0.05, 0) is 55.6 Å². The molecule has 1 aromatic carbocycles. The molecule has 2 fully saturated rings. The van der Waals surface area contributed by atoms with Gasteiger partial charge in [-0.25, -0.2) is 9.97 Å². The van der Waals surface area contributed by atoms with Crippen LogP contribution in [0.15, 0.2) is 18.2 Å². The van der Waals surface area contributed by atoms with Crippen molar-refractivity contribution >= 4 is 46.7 Å². The topological polar surface area (TPSA) is 145 Å². The molecular formula is C27H38Cl2N8O3.